The van der Waals surface area contributed by atoms with Crippen molar-refractivity contribution in [2.45, 2.75) is 11.3 Å². The molecule has 0 radical (unpaired) electrons. The molecule has 0 aliphatic rings. The number of sulfonamides is 1. The molecule has 9 heteroatoms. The maximum Gasteiger partial charge on any atom is 0.261 e. The van der Waals surface area contributed by atoms with Crippen molar-refractivity contribution in [3.8, 4) is 0 Å². The quantitative estimate of drug-likeness (QED) is 0.497. The summed E-state index contributed by atoms with van der Waals surface area (Å²) in [5.41, 5.74) is 2.47. The van der Waals surface area contributed by atoms with Gasteiger partial charge >= 0.3 is 0 Å². The first-order chi connectivity index (χ1) is 15.1. The predicted octanol–water partition coefficient (Wildman–Crippen LogP) is 4.64. The second-order valence-corrected chi connectivity index (χ2v) is 9.55. The molecule has 0 atom stereocenters. The maximum atomic E-state index is 13.3. The summed E-state index contributed by atoms with van der Waals surface area (Å²) in [4.78, 5) is 14.4. The highest BCUT2D eigenvalue weighted by Gasteiger charge is 2.16. The molecule has 0 saturated heterocycles. The minimum Gasteiger partial charge on any atom is -0.322 e. The van der Waals surface area contributed by atoms with Crippen molar-refractivity contribution in [1.82, 2.24) is 4.90 Å². The molecular formula is C23H23ClFN3O3S. The summed E-state index contributed by atoms with van der Waals surface area (Å²) >= 11 is 5.67. The van der Waals surface area contributed by atoms with E-state index in [2.05, 4.69) is 14.9 Å². The Morgan fingerprint density at radius 2 is 1.59 bits per heavy atom. The van der Waals surface area contributed by atoms with Gasteiger partial charge in [-0.2, -0.15) is 0 Å². The summed E-state index contributed by atoms with van der Waals surface area (Å²) in [5, 5.41) is 2.53. The van der Waals surface area contributed by atoms with Gasteiger partial charge < -0.3 is 10.2 Å². The number of hydrogen-bond acceptors (Lipinski definition) is 4. The summed E-state index contributed by atoms with van der Waals surface area (Å²) in [5.74, 6) is -1.02. The van der Waals surface area contributed by atoms with Gasteiger partial charge in [-0.25, -0.2) is 12.8 Å². The molecule has 0 aliphatic heterocycles. The molecule has 0 heterocycles. The first-order valence-corrected chi connectivity index (χ1v) is 11.6. The van der Waals surface area contributed by atoms with Crippen molar-refractivity contribution in [2.75, 3.05) is 30.7 Å². The first-order valence-electron chi connectivity index (χ1n) is 9.77. The topological polar surface area (TPSA) is 78.5 Å². The van der Waals surface area contributed by atoms with Gasteiger partial charge in [-0.15, -0.1) is 0 Å². The van der Waals surface area contributed by atoms with Crippen LogP contribution in [0.25, 0.3) is 0 Å². The molecule has 3 rings (SSSR count). The van der Waals surface area contributed by atoms with Crippen LogP contribution in [0.3, 0.4) is 0 Å². The Hall–Kier alpha value is -2.94. The highest BCUT2D eigenvalue weighted by Crippen LogP contribution is 2.22. The van der Waals surface area contributed by atoms with Crippen LogP contribution in [0.2, 0.25) is 5.02 Å². The number of nitrogens with zero attached hydrogens (tertiary/aromatic N) is 1. The van der Waals surface area contributed by atoms with Crippen molar-refractivity contribution in [1.29, 1.82) is 0 Å². The molecule has 32 heavy (non-hydrogen) atoms. The van der Waals surface area contributed by atoms with Gasteiger partial charge in [-0.1, -0.05) is 23.7 Å². The number of benzene rings is 3. The molecule has 0 aromatic heterocycles. The van der Waals surface area contributed by atoms with E-state index in [1.165, 1.54) is 29.8 Å². The van der Waals surface area contributed by atoms with Crippen LogP contribution in [-0.4, -0.2) is 39.9 Å². The van der Waals surface area contributed by atoms with Crippen molar-refractivity contribution in [3.05, 3.63) is 88.7 Å². The van der Waals surface area contributed by atoms with Gasteiger partial charge in [0.1, 0.15) is 5.82 Å². The monoisotopic (exact) mass is 475 g/mol. The predicted molar refractivity (Wildman–Crippen MR) is 125 cm³/mol. The highest BCUT2D eigenvalue weighted by molar-refractivity contribution is 7.92. The Kier molecular flexibility index (Phi) is 7.50. The second kappa shape index (κ2) is 10.1. The molecule has 1 amide bonds. The van der Waals surface area contributed by atoms with Gasteiger partial charge in [0.25, 0.3) is 15.9 Å². The Bertz CT molecular complexity index is 1200. The highest BCUT2D eigenvalue weighted by atomic mass is 35.5. The lowest BCUT2D eigenvalue weighted by atomic mass is 10.1. The molecule has 168 valence electrons. The third-order valence-corrected chi connectivity index (χ3v) is 6.33. The number of anilines is 2. The third-order valence-electron chi connectivity index (χ3n) is 4.66. The number of amides is 1. The van der Waals surface area contributed by atoms with E-state index in [0.29, 0.717) is 11.3 Å². The van der Waals surface area contributed by atoms with E-state index in [1.807, 2.05) is 38.4 Å². The van der Waals surface area contributed by atoms with Crippen molar-refractivity contribution in [2.24, 2.45) is 0 Å². The molecule has 2 N–H and O–H groups in total. The number of rotatable bonds is 8. The van der Waals surface area contributed by atoms with E-state index in [1.54, 1.807) is 0 Å². The lowest BCUT2D eigenvalue weighted by Crippen LogP contribution is -2.15. The SMILES string of the molecule is CN(C)CCc1ccc(NC(=O)c2ccc(NS(=O)(=O)c3ccc(F)c(Cl)c3)cc2)cc1. The third kappa shape index (κ3) is 6.29. The zero-order valence-electron chi connectivity index (χ0n) is 17.6. The Morgan fingerprint density at radius 3 is 2.19 bits per heavy atom. The van der Waals surface area contributed by atoms with E-state index in [9.17, 15) is 17.6 Å². The summed E-state index contributed by atoms with van der Waals surface area (Å²) in [6, 6.07) is 16.7. The molecule has 0 bridgehead atoms. The fraction of sp³-hybridized carbons (Fsp3) is 0.174. The van der Waals surface area contributed by atoms with Gasteiger partial charge in [-0.3, -0.25) is 9.52 Å². The number of nitrogens with one attached hydrogen (secondary N) is 2. The molecule has 0 saturated carbocycles. The van der Waals surface area contributed by atoms with Gasteiger partial charge in [0.15, 0.2) is 0 Å². The van der Waals surface area contributed by atoms with E-state index in [4.69, 9.17) is 11.6 Å². The normalized spacial score (nSPS) is 11.4. The zero-order valence-corrected chi connectivity index (χ0v) is 19.2. The number of halogens is 2. The summed E-state index contributed by atoms with van der Waals surface area (Å²) in [6.07, 6.45) is 0.919. The molecule has 6 nitrogen and oxygen atoms in total. The largest absolute Gasteiger partial charge is 0.322 e. The summed E-state index contributed by atoms with van der Waals surface area (Å²) < 4.78 is 40.6. The van der Waals surface area contributed by atoms with Gasteiger partial charge in [-0.05, 0) is 80.7 Å². The number of likely N-dealkylation sites (N-methyl/N-ethyl adjacent to an activating group) is 1. The van der Waals surface area contributed by atoms with Crippen LogP contribution in [0.5, 0.6) is 0 Å². The fourth-order valence-electron chi connectivity index (χ4n) is 2.86. The lowest BCUT2D eigenvalue weighted by Gasteiger charge is -2.11. The first kappa shape index (κ1) is 23.7. The van der Waals surface area contributed by atoms with Gasteiger partial charge in [0.05, 0.1) is 9.92 Å². The van der Waals surface area contributed by atoms with Crippen molar-refractivity contribution in [3.63, 3.8) is 0 Å². The van der Waals surface area contributed by atoms with E-state index < -0.39 is 15.8 Å². The van der Waals surface area contributed by atoms with Crippen molar-refractivity contribution >= 4 is 38.9 Å². The maximum absolute atomic E-state index is 13.3. The Balaban J connectivity index is 1.63. The Morgan fingerprint density at radius 1 is 0.969 bits per heavy atom. The lowest BCUT2D eigenvalue weighted by molar-refractivity contribution is 0.102. The van der Waals surface area contributed by atoms with Crippen LogP contribution in [0.1, 0.15) is 15.9 Å². The number of hydrogen-bond donors (Lipinski definition) is 2. The van der Waals surface area contributed by atoms with Crippen LogP contribution in [-0.2, 0) is 16.4 Å². The molecule has 0 fully saturated rings. The fourth-order valence-corrected chi connectivity index (χ4v) is 4.19. The Labute approximate surface area is 192 Å². The van der Waals surface area contributed by atoms with Crippen LogP contribution in [0, 0.1) is 5.82 Å². The molecule has 0 aliphatic carbocycles. The van der Waals surface area contributed by atoms with Crippen LogP contribution in [0.15, 0.2) is 71.6 Å². The summed E-state index contributed by atoms with van der Waals surface area (Å²) in [6.45, 7) is 0.940. The number of carbonyl (C=O) groups is 1. The van der Waals surface area contributed by atoms with Crippen LogP contribution < -0.4 is 10.0 Å². The average molecular weight is 476 g/mol. The van der Waals surface area contributed by atoms with Crippen LogP contribution >= 0.6 is 11.6 Å². The van der Waals surface area contributed by atoms with Crippen LogP contribution in [0.4, 0.5) is 15.8 Å². The minimum absolute atomic E-state index is 0.167. The van der Waals surface area contributed by atoms with Gasteiger partial charge in [0, 0.05) is 23.5 Å². The molecule has 0 spiro atoms. The molecule has 3 aromatic rings. The molecule has 0 unspecified atom stereocenters. The summed E-state index contributed by atoms with van der Waals surface area (Å²) in [7, 11) is 0.0809. The number of carbonyl (C=O) groups excluding carboxylic acids is 1. The van der Waals surface area contributed by atoms with Crippen molar-refractivity contribution < 1.29 is 17.6 Å². The van der Waals surface area contributed by atoms with E-state index in [-0.39, 0.29) is 21.5 Å². The average Bonchev–Trinajstić information content (AvgIpc) is 2.75. The second-order valence-electron chi connectivity index (χ2n) is 7.46. The van der Waals surface area contributed by atoms with E-state index in [0.717, 1.165) is 31.2 Å². The zero-order chi connectivity index (χ0) is 23.3. The molecule has 3 aromatic carbocycles. The minimum atomic E-state index is -3.95. The van der Waals surface area contributed by atoms with E-state index >= 15 is 0 Å². The van der Waals surface area contributed by atoms with Gasteiger partial charge in [0.2, 0.25) is 0 Å². The standard InChI is InChI=1S/C23H23ClFN3O3S/c1-28(2)14-13-16-3-7-18(8-4-16)26-23(29)17-5-9-19(10-6-17)27-32(30,31)20-11-12-22(25)21(24)15-20/h3-12,15,27H,13-14H2,1-2H3,(H,26,29). The smallest absolute Gasteiger partial charge is 0.261 e. The molecular weight excluding hydrogens is 453 g/mol.